The van der Waals surface area contributed by atoms with Gasteiger partial charge < -0.3 is 5.11 Å². The summed E-state index contributed by atoms with van der Waals surface area (Å²) >= 11 is 1.54. The van der Waals surface area contributed by atoms with Crippen molar-refractivity contribution >= 4 is 23.5 Å². The van der Waals surface area contributed by atoms with Gasteiger partial charge in [0.15, 0.2) is 5.60 Å². The van der Waals surface area contributed by atoms with Crippen molar-refractivity contribution in [1.29, 1.82) is 0 Å². The van der Waals surface area contributed by atoms with E-state index >= 15 is 0 Å². The zero-order chi connectivity index (χ0) is 16.8. The van der Waals surface area contributed by atoms with Crippen molar-refractivity contribution in [2.24, 2.45) is 5.10 Å². The molecule has 0 aliphatic rings. The summed E-state index contributed by atoms with van der Waals surface area (Å²) in [7, 11) is 0. The number of carbonyl (C=O) groups excluding carboxylic acids is 1. The zero-order valence-corrected chi connectivity index (χ0v) is 13.6. The van der Waals surface area contributed by atoms with Crippen molar-refractivity contribution in [2.45, 2.75) is 5.60 Å². The molecule has 120 valence electrons. The van der Waals surface area contributed by atoms with Gasteiger partial charge in [-0.1, -0.05) is 60.7 Å². The number of nitrogens with one attached hydrogen (secondary N) is 1. The summed E-state index contributed by atoms with van der Waals surface area (Å²) < 4.78 is 0. The number of benzene rings is 2. The van der Waals surface area contributed by atoms with E-state index in [0.717, 1.165) is 5.56 Å². The van der Waals surface area contributed by atoms with Gasteiger partial charge in [0.05, 0.1) is 6.21 Å². The van der Waals surface area contributed by atoms with Crippen molar-refractivity contribution in [3.8, 4) is 0 Å². The molecule has 0 aliphatic heterocycles. The first-order valence-corrected chi connectivity index (χ1v) is 8.34. The van der Waals surface area contributed by atoms with E-state index in [0.29, 0.717) is 11.1 Å². The second-order valence-corrected chi connectivity index (χ2v) is 5.98. The number of nitrogens with zero attached hydrogens (tertiary/aromatic N) is 1. The molecule has 5 heteroatoms. The number of thiophene rings is 1. The Bertz CT molecular complexity index is 776. The standard InChI is InChI=1S/C19H16N2O2S/c22-18(21-20-13-15-11-12-24-14-15)19(23,16-7-3-1-4-8-16)17-9-5-2-6-10-17/h1-14,23H,(H,21,22)/b20-13+. The van der Waals surface area contributed by atoms with Gasteiger partial charge in [0, 0.05) is 5.56 Å². The molecule has 0 saturated heterocycles. The van der Waals surface area contributed by atoms with Gasteiger partial charge in [-0.2, -0.15) is 16.4 Å². The Balaban J connectivity index is 1.91. The van der Waals surface area contributed by atoms with Crippen molar-refractivity contribution in [1.82, 2.24) is 5.43 Å². The third-order valence-corrected chi connectivity index (χ3v) is 4.34. The highest BCUT2D eigenvalue weighted by Crippen LogP contribution is 2.29. The Labute approximate surface area is 144 Å². The average molecular weight is 336 g/mol. The van der Waals surface area contributed by atoms with E-state index in [1.54, 1.807) is 66.1 Å². The molecule has 1 heterocycles. The number of carbonyl (C=O) groups is 1. The Kier molecular flexibility index (Phi) is 4.84. The van der Waals surface area contributed by atoms with Crippen molar-refractivity contribution in [3.63, 3.8) is 0 Å². The van der Waals surface area contributed by atoms with E-state index < -0.39 is 11.5 Å². The number of hydrogen-bond donors (Lipinski definition) is 2. The van der Waals surface area contributed by atoms with Gasteiger partial charge in [-0.05, 0) is 28.0 Å². The summed E-state index contributed by atoms with van der Waals surface area (Å²) in [5.74, 6) is -0.605. The summed E-state index contributed by atoms with van der Waals surface area (Å²) in [4.78, 5) is 12.7. The van der Waals surface area contributed by atoms with Crippen LogP contribution in [0.4, 0.5) is 0 Å². The number of rotatable bonds is 5. The van der Waals surface area contributed by atoms with Crippen LogP contribution in [0, 0.1) is 0 Å². The highest BCUT2D eigenvalue weighted by Gasteiger charge is 2.39. The smallest absolute Gasteiger partial charge is 0.281 e. The number of hydrogen-bond acceptors (Lipinski definition) is 4. The lowest BCUT2D eigenvalue weighted by Gasteiger charge is -2.27. The summed E-state index contributed by atoms with van der Waals surface area (Å²) in [5.41, 5.74) is 2.50. The Morgan fingerprint density at radius 3 is 2.08 bits per heavy atom. The van der Waals surface area contributed by atoms with Crippen LogP contribution >= 0.6 is 11.3 Å². The number of hydrazone groups is 1. The minimum Gasteiger partial charge on any atom is -0.372 e. The molecule has 0 saturated carbocycles. The molecule has 0 atom stereocenters. The minimum atomic E-state index is -1.81. The maximum Gasteiger partial charge on any atom is 0.281 e. The molecular weight excluding hydrogens is 320 g/mol. The quantitative estimate of drug-likeness (QED) is 0.555. The van der Waals surface area contributed by atoms with E-state index in [4.69, 9.17) is 0 Å². The highest BCUT2D eigenvalue weighted by molar-refractivity contribution is 7.08. The van der Waals surface area contributed by atoms with Crippen LogP contribution in [-0.4, -0.2) is 17.2 Å². The van der Waals surface area contributed by atoms with Crippen LogP contribution in [0.1, 0.15) is 16.7 Å². The lowest BCUT2D eigenvalue weighted by Crippen LogP contribution is -2.43. The maximum atomic E-state index is 12.7. The number of amides is 1. The fraction of sp³-hybridized carbons (Fsp3) is 0.0526. The third-order valence-electron chi connectivity index (χ3n) is 3.63. The predicted octanol–water partition coefficient (Wildman–Crippen LogP) is 3.13. The molecule has 2 N–H and O–H groups in total. The topological polar surface area (TPSA) is 61.7 Å². The summed E-state index contributed by atoms with van der Waals surface area (Å²) in [6.07, 6.45) is 1.55. The Hall–Kier alpha value is -2.76. The van der Waals surface area contributed by atoms with Gasteiger partial charge in [0.1, 0.15) is 0 Å². The molecule has 1 aromatic heterocycles. The van der Waals surface area contributed by atoms with Crippen LogP contribution in [-0.2, 0) is 10.4 Å². The van der Waals surface area contributed by atoms with Crippen LogP contribution in [0.15, 0.2) is 82.6 Å². The first kappa shape index (κ1) is 16.1. The van der Waals surface area contributed by atoms with Crippen LogP contribution in [0.5, 0.6) is 0 Å². The van der Waals surface area contributed by atoms with E-state index in [9.17, 15) is 9.90 Å². The zero-order valence-electron chi connectivity index (χ0n) is 12.8. The number of aliphatic hydroxyl groups is 1. The molecule has 0 radical (unpaired) electrons. The molecule has 0 spiro atoms. The van der Waals surface area contributed by atoms with Gasteiger partial charge in [-0.25, -0.2) is 5.43 Å². The molecule has 4 nitrogen and oxygen atoms in total. The molecule has 0 fully saturated rings. The van der Waals surface area contributed by atoms with E-state index in [1.807, 2.05) is 29.0 Å². The molecule has 2 aromatic carbocycles. The van der Waals surface area contributed by atoms with Crippen LogP contribution < -0.4 is 5.43 Å². The Morgan fingerprint density at radius 2 is 1.58 bits per heavy atom. The van der Waals surface area contributed by atoms with Crippen LogP contribution in [0.3, 0.4) is 0 Å². The summed E-state index contributed by atoms with van der Waals surface area (Å²) in [6.45, 7) is 0. The van der Waals surface area contributed by atoms with Gasteiger partial charge in [0.2, 0.25) is 0 Å². The largest absolute Gasteiger partial charge is 0.372 e. The molecule has 24 heavy (non-hydrogen) atoms. The fourth-order valence-electron chi connectivity index (χ4n) is 2.38. The molecule has 0 aliphatic carbocycles. The highest BCUT2D eigenvalue weighted by atomic mass is 32.1. The van der Waals surface area contributed by atoms with Gasteiger partial charge in [-0.3, -0.25) is 4.79 Å². The monoisotopic (exact) mass is 336 g/mol. The van der Waals surface area contributed by atoms with Crippen LogP contribution in [0.2, 0.25) is 0 Å². The van der Waals surface area contributed by atoms with E-state index in [2.05, 4.69) is 10.5 Å². The van der Waals surface area contributed by atoms with Crippen LogP contribution in [0.25, 0.3) is 0 Å². The first-order valence-electron chi connectivity index (χ1n) is 7.40. The minimum absolute atomic E-state index is 0.486. The molecular formula is C19H16N2O2S. The average Bonchev–Trinajstić information content (AvgIpc) is 3.16. The molecule has 1 amide bonds. The van der Waals surface area contributed by atoms with Crippen molar-refractivity contribution < 1.29 is 9.90 Å². The van der Waals surface area contributed by atoms with Gasteiger partial charge in [0.25, 0.3) is 5.91 Å². The lowest BCUT2D eigenvalue weighted by molar-refractivity contribution is -0.136. The van der Waals surface area contributed by atoms with Gasteiger partial charge in [-0.15, -0.1) is 0 Å². The molecule has 0 bridgehead atoms. The summed E-state index contributed by atoms with van der Waals surface area (Å²) in [5, 5.41) is 19.0. The van der Waals surface area contributed by atoms with Crippen molar-refractivity contribution in [3.05, 3.63) is 94.2 Å². The lowest BCUT2D eigenvalue weighted by atomic mass is 9.85. The predicted molar refractivity (Wildman–Crippen MR) is 95.9 cm³/mol. The Morgan fingerprint density at radius 1 is 1.00 bits per heavy atom. The molecule has 3 aromatic rings. The van der Waals surface area contributed by atoms with E-state index in [1.165, 1.54) is 0 Å². The normalized spacial score (nSPS) is 11.5. The van der Waals surface area contributed by atoms with E-state index in [-0.39, 0.29) is 0 Å². The van der Waals surface area contributed by atoms with Crippen molar-refractivity contribution in [2.75, 3.05) is 0 Å². The molecule has 0 unspecified atom stereocenters. The summed E-state index contributed by atoms with van der Waals surface area (Å²) in [6, 6.07) is 19.6. The fourth-order valence-corrected chi connectivity index (χ4v) is 2.99. The third kappa shape index (κ3) is 3.27. The first-order chi connectivity index (χ1) is 11.7. The SMILES string of the molecule is O=C(N/N=C/c1ccsc1)C(O)(c1ccccc1)c1ccccc1. The molecule has 3 rings (SSSR count). The van der Waals surface area contributed by atoms with Gasteiger partial charge >= 0.3 is 0 Å². The second-order valence-electron chi connectivity index (χ2n) is 5.20. The second kappa shape index (κ2) is 7.21. The maximum absolute atomic E-state index is 12.7.